The minimum atomic E-state index is -4.26. The molecule has 0 saturated carbocycles. The maximum Gasteiger partial charge on any atom is 0.296 e. The Morgan fingerprint density at radius 2 is 2.38 bits per heavy atom. The molecule has 1 atom stereocenters. The molecule has 0 radical (unpaired) electrons. The van der Waals surface area contributed by atoms with E-state index in [0.717, 1.165) is 16.7 Å². The maximum absolute atomic E-state index is 11.4. The molecular formula is C8H9NO5S2. The largest absolute Gasteiger partial charge is 0.467 e. The first-order valence-corrected chi connectivity index (χ1v) is 6.93. The lowest BCUT2D eigenvalue weighted by Crippen LogP contribution is -2.36. The molecule has 88 valence electrons. The van der Waals surface area contributed by atoms with Crippen molar-refractivity contribution in [3.63, 3.8) is 0 Å². The molecule has 1 aliphatic rings. The summed E-state index contributed by atoms with van der Waals surface area (Å²) in [5, 5.41) is 0. The zero-order valence-electron chi connectivity index (χ0n) is 8.07. The Morgan fingerprint density at radius 3 is 2.94 bits per heavy atom. The maximum atomic E-state index is 11.4. The minimum absolute atomic E-state index is 0.0449. The van der Waals surface area contributed by atoms with Crippen molar-refractivity contribution >= 4 is 27.8 Å². The van der Waals surface area contributed by atoms with Crippen LogP contribution in [0.3, 0.4) is 0 Å². The van der Waals surface area contributed by atoms with Crippen LogP contribution in [0.2, 0.25) is 0 Å². The normalized spacial score (nSPS) is 21.7. The first kappa shape index (κ1) is 11.5. The summed E-state index contributed by atoms with van der Waals surface area (Å²) < 4.78 is 34.8. The predicted octanol–water partition coefficient (Wildman–Crippen LogP) is 0.526. The molecule has 0 aromatic carbocycles. The van der Waals surface area contributed by atoms with Crippen molar-refractivity contribution in [1.82, 2.24) is 4.90 Å². The number of furan rings is 1. The number of carbonyl (C=O) groups excluding carboxylic acids is 1. The molecular weight excluding hydrogens is 254 g/mol. The number of rotatable bonds is 3. The molecule has 2 rings (SSSR count). The van der Waals surface area contributed by atoms with Crippen molar-refractivity contribution in [1.29, 1.82) is 0 Å². The zero-order chi connectivity index (χ0) is 11.8. The van der Waals surface area contributed by atoms with Crippen LogP contribution in [-0.2, 0) is 21.5 Å². The van der Waals surface area contributed by atoms with Gasteiger partial charge in [-0.15, -0.1) is 11.8 Å². The smallest absolute Gasteiger partial charge is 0.296 e. The van der Waals surface area contributed by atoms with Gasteiger partial charge in [-0.05, 0) is 12.1 Å². The quantitative estimate of drug-likeness (QED) is 0.800. The molecule has 1 unspecified atom stereocenters. The van der Waals surface area contributed by atoms with Crippen molar-refractivity contribution in [3.05, 3.63) is 24.2 Å². The van der Waals surface area contributed by atoms with Gasteiger partial charge in [0.2, 0.25) is 10.6 Å². The summed E-state index contributed by atoms with van der Waals surface area (Å²) in [5.74, 6) is 0.194. The third kappa shape index (κ3) is 2.23. The Kier molecular flexibility index (Phi) is 2.96. The highest BCUT2D eigenvalue weighted by Crippen LogP contribution is 2.30. The Morgan fingerprint density at radius 1 is 1.62 bits per heavy atom. The van der Waals surface area contributed by atoms with Gasteiger partial charge in [0.25, 0.3) is 10.1 Å². The number of nitrogens with zero attached hydrogens (tertiary/aromatic N) is 1. The third-order valence-corrected chi connectivity index (χ3v) is 4.94. The van der Waals surface area contributed by atoms with E-state index < -0.39 is 14.8 Å². The van der Waals surface area contributed by atoms with Gasteiger partial charge in [-0.1, -0.05) is 0 Å². The van der Waals surface area contributed by atoms with Gasteiger partial charge in [0.15, 0.2) is 0 Å². The summed E-state index contributed by atoms with van der Waals surface area (Å²) in [6.45, 7) is 0.0449. The summed E-state index contributed by atoms with van der Waals surface area (Å²) in [6.07, 6.45) is 1.44. The molecule has 1 fully saturated rings. The third-order valence-electron chi connectivity index (χ3n) is 2.09. The first-order valence-electron chi connectivity index (χ1n) is 4.38. The molecule has 0 bridgehead atoms. The fourth-order valence-corrected chi connectivity index (χ4v) is 3.64. The SMILES string of the molecule is O=C1CSC(S(=O)(=O)O)N1Cc1ccco1. The van der Waals surface area contributed by atoms with E-state index in [2.05, 4.69) is 0 Å². The van der Waals surface area contributed by atoms with Crippen LogP contribution in [0.25, 0.3) is 0 Å². The van der Waals surface area contributed by atoms with Crippen LogP contribution < -0.4 is 0 Å². The fraction of sp³-hybridized carbons (Fsp3) is 0.375. The second-order valence-electron chi connectivity index (χ2n) is 3.23. The predicted molar refractivity (Wildman–Crippen MR) is 57.1 cm³/mol. The summed E-state index contributed by atoms with van der Waals surface area (Å²) in [5.41, 5.74) is 0. The van der Waals surface area contributed by atoms with Crippen molar-refractivity contribution in [2.45, 2.75) is 11.3 Å². The molecule has 2 heterocycles. The number of carbonyl (C=O) groups is 1. The molecule has 8 heteroatoms. The summed E-state index contributed by atoms with van der Waals surface area (Å²) >= 11 is 0.884. The topological polar surface area (TPSA) is 87.8 Å². The highest BCUT2D eigenvalue weighted by Gasteiger charge is 2.40. The average Bonchev–Trinajstić information content (AvgIpc) is 2.76. The van der Waals surface area contributed by atoms with Crippen LogP contribution in [0.4, 0.5) is 0 Å². The molecule has 1 N–H and O–H groups in total. The Hall–Kier alpha value is -0.990. The molecule has 1 amide bonds. The highest BCUT2D eigenvalue weighted by atomic mass is 32.3. The lowest BCUT2D eigenvalue weighted by Gasteiger charge is -2.19. The fourth-order valence-electron chi connectivity index (χ4n) is 1.41. The van der Waals surface area contributed by atoms with Gasteiger partial charge in [0.05, 0.1) is 18.6 Å². The van der Waals surface area contributed by atoms with E-state index in [0.29, 0.717) is 5.76 Å². The van der Waals surface area contributed by atoms with Gasteiger partial charge < -0.3 is 9.32 Å². The number of hydrogen-bond acceptors (Lipinski definition) is 5. The van der Waals surface area contributed by atoms with Gasteiger partial charge in [0.1, 0.15) is 5.76 Å². The van der Waals surface area contributed by atoms with Crippen molar-refractivity contribution in [2.75, 3.05) is 5.75 Å². The monoisotopic (exact) mass is 263 g/mol. The summed E-state index contributed by atoms with van der Waals surface area (Å²) in [4.78, 5) is 12.5. The number of thioether (sulfide) groups is 1. The first-order chi connectivity index (χ1) is 7.48. The van der Waals surface area contributed by atoms with Crippen LogP contribution in [0.5, 0.6) is 0 Å². The van der Waals surface area contributed by atoms with E-state index in [1.165, 1.54) is 6.26 Å². The minimum Gasteiger partial charge on any atom is -0.467 e. The van der Waals surface area contributed by atoms with Crippen LogP contribution >= 0.6 is 11.8 Å². The van der Waals surface area contributed by atoms with Gasteiger partial charge in [-0.25, -0.2) is 0 Å². The van der Waals surface area contributed by atoms with Gasteiger partial charge in [0, 0.05) is 0 Å². The van der Waals surface area contributed by atoms with E-state index in [-0.39, 0.29) is 18.2 Å². The second-order valence-corrected chi connectivity index (χ2v) is 6.08. The lowest BCUT2D eigenvalue weighted by molar-refractivity contribution is -0.127. The van der Waals surface area contributed by atoms with Crippen LogP contribution in [-0.4, -0.2) is 34.2 Å². The standard InChI is InChI=1S/C8H9NO5S2/c10-7-5-15-8(16(11,12)13)9(7)4-6-2-1-3-14-6/h1-3,8H,4-5H2,(H,11,12,13). The average molecular weight is 263 g/mol. The van der Waals surface area contributed by atoms with Crippen molar-refractivity contribution in [3.8, 4) is 0 Å². The van der Waals surface area contributed by atoms with E-state index >= 15 is 0 Å². The molecule has 0 aliphatic carbocycles. The van der Waals surface area contributed by atoms with Gasteiger partial charge in [-0.2, -0.15) is 8.42 Å². The molecule has 1 aromatic heterocycles. The van der Waals surface area contributed by atoms with Crippen molar-refractivity contribution < 1.29 is 22.2 Å². The van der Waals surface area contributed by atoms with Gasteiger partial charge in [-0.3, -0.25) is 9.35 Å². The number of amides is 1. The van der Waals surface area contributed by atoms with Crippen LogP contribution in [0.1, 0.15) is 5.76 Å². The van der Waals surface area contributed by atoms with E-state index in [1.54, 1.807) is 12.1 Å². The number of hydrogen-bond donors (Lipinski definition) is 1. The van der Waals surface area contributed by atoms with Crippen LogP contribution in [0, 0.1) is 0 Å². The molecule has 0 spiro atoms. The molecule has 1 aromatic rings. The van der Waals surface area contributed by atoms with Crippen molar-refractivity contribution in [2.24, 2.45) is 0 Å². The van der Waals surface area contributed by atoms with E-state index in [1.807, 2.05) is 0 Å². The van der Waals surface area contributed by atoms with E-state index in [9.17, 15) is 13.2 Å². The zero-order valence-corrected chi connectivity index (χ0v) is 9.70. The Balaban J connectivity index is 2.20. The Bertz CT molecular complexity index is 481. The summed E-state index contributed by atoms with van der Waals surface area (Å²) in [7, 11) is -4.26. The van der Waals surface area contributed by atoms with E-state index in [4.69, 9.17) is 8.97 Å². The second kappa shape index (κ2) is 4.11. The Labute approximate surface area is 96.4 Å². The lowest BCUT2D eigenvalue weighted by atomic mass is 10.4. The van der Waals surface area contributed by atoms with Gasteiger partial charge >= 0.3 is 0 Å². The summed E-state index contributed by atoms with van der Waals surface area (Å²) in [6, 6.07) is 3.28. The highest BCUT2D eigenvalue weighted by molar-refractivity contribution is 8.12. The molecule has 16 heavy (non-hydrogen) atoms. The molecule has 1 saturated heterocycles. The molecule has 1 aliphatic heterocycles. The van der Waals surface area contributed by atoms with Crippen LogP contribution in [0.15, 0.2) is 22.8 Å². The molecule has 6 nitrogen and oxygen atoms in total.